The topological polar surface area (TPSA) is 40.5 Å². The molecule has 1 aromatic carbocycles. The Balaban J connectivity index is 2.40. The maximum absolute atomic E-state index is 13.0. The molecule has 0 spiro atoms. The number of carbonyl (C=O) groups is 1. The van der Waals surface area contributed by atoms with Crippen LogP contribution in [0, 0.1) is 11.6 Å². The van der Waals surface area contributed by atoms with E-state index in [9.17, 15) is 18.7 Å². The lowest BCUT2D eigenvalue weighted by molar-refractivity contribution is -0.132. The molecule has 0 atom stereocenters. The Hall–Kier alpha value is -1.14. The predicted molar refractivity (Wildman–Crippen MR) is 75.6 cm³/mol. The number of hydrogen-bond donors (Lipinski definition) is 1. The van der Waals surface area contributed by atoms with Crippen LogP contribution in [0.15, 0.2) is 23.1 Å². The Kier molecular flexibility index (Phi) is 5.95. The molecule has 0 radical (unpaired) electrons. The standard InChI is InChI=1S/C14H19F2NO2S/c1-14(2,19)9-17(3)13(18)6-7-20-10-4-5-11(15)12(16)8-10/h4-5,8,19H,6-7,9H2,1-3H3. The largest absolute Gasteiger partial charge is 0.389 e. The van der Waals surface area contributed by atoms with E-state index in [-0.39, 0.29) is 18.9 Å². The van der Waals surface area contributed by atoms with Crippen LogP contribution in [0.25, 0.3) is 0 Å². The minimum atomic E-state index is -0.933. The quantitative estimate of drug-likeness (QED) is 0.821. The molecule has 0 aliphatic rings. The van der Waals surface area contributed by atoms with Gasteiger partial charge in [0.1, 0.15) is 0 Å². The van der Waals surface area contributed by atoms with Crippen molar-refractivity contribution < 1.29 is 18.7 Å². The number of amides is 1. The van der Waals surface area contributed by atoms with Crippen molar-refractivity contribution in [1.29, 1.82) is 0 Å². The Labute approximate surface area is 122 Å². The van der Waals surface area contributed by atoms with Crippen molar-refractivity contribution in [2.45, 2.75) is 30.8 Å². The number of halogens is 2. The third kappa shape index (κ3) is 5.88. The molecular formula is C14H19F2NO2S. The van der Waals surface area contributed by atoms with E-state index in [1.165, 1.54) is 22.7 Å². The number of hydrogen-bond acceptors (Lipinski definition) is 3. The fourth-order valence-corrected chi connectivity index (χ4v) is 2.55. The molecule has 0 saturated heterocycles. The summed E-state index contributed by atoms with van der Waals surface area (Å²) in [6, 6.07) is 3.67. The van der Waals surface area contributed by atoms with Crippen molar-refractivity contribution in [3.8, 4) is 0 Å². The van der Waals surface area contributed by atoms with E-state index in [2.05, 4.69) is 0 Å². The van der Waals surface area contributed by atoms with Gasteiger partial charge in [-0.05, 0) is 32.0 Å². The number of likely N-dealkylation sites (N-methyl/N-ethyl adjacent to an activating group) is 1. The van der Waals surface area contributed by atoms with Gasteiger partial charge in [-0.25, -0.2) is 8.78 Å². The summed E-state index contributed by atoms with van der Waals surface area (Å²) in [7, 11) is 1.63. The number of aliphatic hydroxyl groups is 1. The van der Waals surface area contributed by atoms with Gasteiger partial charge in [-0.1, -0.05) is 0 Å². The first kappa shape index (κ1) is 16.9. The maximum Gasteiger partial charge on any atom is 0.223 e. The van der Waals surface area contributed by atoms with Crippen LogP contribution >= 0.6 is 11.8 Å². The minimum absolute atomic E-state index is 0.0952. The Bertz CT molecular complexity index is 475. The van der Waals surface area contributed by atoms with Crippen LogP contribution in [-0.4, -0.2) is 40.9 Å². The molecule has 0 aliphatic carbocycles. The summed E-state index contributed by atoms with van der Waals surface area (Å²) in [5.74, 6) is -1.39. The smallest absolute Gasteiger partial charge is 0.223 e. The van der Waals surface area contributed by atoms with Crippen LogP contribution in [-0.2, 0) is 4.79 Å². The van der Waals surface area contributed by atoms with Crippen molar-refractivity contribution in [1.82, 2.24) is 4.90 Å². The second kappa shape index (κ2) is 7.04. The SMILES string of the molecule is CN(CC(C)(C)O)C(=O)CCSc1ccc(F)c(F)c1. The van der Waals surface area contributed by atoms with Crippen molar-refractivity contribution in [3.63, 3.8) is 0 Å². The summed E-state index contributed by atoms with van der Waals surface area (Å²) < 4.78 is 25.7. The van der Waals surface area contributed by atoms with Gasteiger partial charge >= 0.3 is 0 Å². The first-order valence-corrected chi connectivity index (χ1v) is 7.22. The number of benzene rings is 1. The van der Waals surface area contributed by atoms with Gasteiger partial charge in [0.25, 0.3) is 0 Å². The third-order valence-corrected chi connectivity index (χ3v) is 3.52. The predicted octanol–water partition coefficient (Wildman–Crippen LogP) is 2.68. The van der Waals surface area contributed by atoms with Crippen LogP contribution in [0.3, 0.4) is 0 Å². The highest BCUT2D eigenvalue weighted by Gasteiger charge is 2.19. The van der Waals surface area contributed by atoms with Crippen LogP contribution < -0.4 is 0 Å². The van der Waals surface area contributed by atoms with Gasteiger partial charge in [-0.2, -0.15) is 0 Å². The van der Waals surface area contributed by atoms with E-state index in [0.717, 1.165) is 12.1 Å². The zero-order valence-corrected chi connectivity index (χ0v) is 12.6. The van der Waals surface area contributed by atoms with Crippen LogP contribution in [0.5, 0.6) is 0 Å². The van der Waals surface area contributed by atoms with E-state index >= 15 is 0 Å². The fourth-order valence-electron chi connectivity index (χ4n) is 1.68. The van der Waals surface area contributed by atoms with E-state index in [0.29, 0.717) is 10.6 Å². The van der Waals surface area contributed by atoms with Crippen molar-refractivity contribution >= 4 is 17.7 Å². The average Bonchev–Trinajstić information content (AvgIpc) is 2.31. The van der Waals surface area contributed by atoms with Crippen molar-refractivity contribution in [2.24, 2.45) is 0 Å². The molecule has 0 aromatic heterocycles. The first-order valence-electron chi connectivity index (χ1n) is 6.23. The molecule has 3 nitrogen and oxygen atoms in total. The van der Waals surface area contributed by atoms with E-state index in [1.807, 2.05) is 0 Å². The highest BCUT2D eigenvalue weighted by Crippen LogP contribution is 2.21. The Morgan fingerprint density at radius 3 is 2.55 bits per heavy atom. The number of rotatable bonds is 6. The van der Waals surface area contributed by atoms with Crippen LogP contribution in [0.1, 0.15) is 20.3 Å². The van der Waals surface area contributed by atoms with Crippen LogP contribution in [0.4, 0.5) is 8.78 Å². The Morgan fingerprint density at radius 2 is 2.00 bits per heavy atom. The molecule has 0 unspecified atom stereocenters. The van der Waals surface area contributed by atoms with Gasteiger partial charge in [0, 0.05) is 30.7 Å². The second-order valence-corrected chi connectivity index (χ2v) is 6.40. The number of thioether (sulfide) groups is 1. The highest BCUT2D eigenvalue weighted by molar-refractivity contribution is 7.99. The average molecular weight is 303 g/mol. The van der Waals surface area contributed by atoms with Gasteiger partial charge in [-0.15, -0.1) is 11.8 Å². The number of carbonyl (C=O) groups excluding carboxylic acids is 1. The molecule has 6 heteroatoms. The number of nitrogens with zero attached hydrogens (tertiary/aromatic N) is 1. The van der Waals surface area contributed by atoms with Gasteiger partial charge in [0.05, 0.1) is 5.60 Å². The molecule has 0 fully saturated rings. The van der Waals surface area contributed by atoms with Crippen molar-refractivity contribution in [3.05, 3.63) is 29.8 Å². The lowest BCUT2D eigenvalue weighted by Crippen LogP contribution is -2.39. The van der Waals surface area contributed by atoms with Crippen LogP contribution in [0.2, 0.25) is 0 Å². The molecule has 0 heterocycles. The van der Waals surface area contributed by atoms with Gasteiger partial charge < -0.3 is 10.0 Å². The molecule has 1 aromatic rings. The molecule has 0 saturated carbocycles. The molecule has 20 heavy (non-hydrogen) atoms. The minimum Gasteiger partial charge on any atom is -0.389 e. The zero-order chi connectivity index (χ0) is 15.3. The summed E-state index contributed by atoms with van der Waals surface area (Å²) in [4.78, 5) is 13.8. The Morgan fingerprint density at radius 1 is 1.35 bits per heavy atom. The van der Waals surface area contributed by atoms with Crippen molar-refractivity contribution in [2.75, 3.05) is 19.3 Å². The molecule has 1 amide bonds. The van der Waals surface area contributed by atoms with Gasteiger partial charge in [0.15, 0.2) is 11.6 Å². The van der Waals surface area contributed by atoms with Gasteiger partial charge in [0.2, 0.25) is 5.91 Å². The normalized spacial score (nSPS) is 11.5. The van der Waals surface area contributed by atoms with E-state index in [4.69, 9.17) is 0 Å². The first-order chi connectivity index (χ1) is 9.19. The lowest BCUT2D eigenvalue weighted by atomic mass is 10.1. The second-order valence-electron chi connectivity index (χ2n) is 5.24. The molecule has 0 aliphatic heterocycles. The van der Waals surface area contributed by atoms with E-state index in [1.54, 1.807) is 20.9 Å². The monoisotopic (exact) mass is 303 g/mol. The fraction of sp³-hybridized carbons (Fsp3) is 0.500. The summed E-state index contributed by atoms with van der Waals surface area (Å²) >= 11 is 1.29. The third-order valence-electron chi connectivity index (χ3n) is 2.53. The van der Waals surface area contributed by atoms with Gasteiger partial charge in [-0.3, -0.25) is 4.79 Å². The summed E-state index contributed by atoms with van der Waals surface area (Å²) in [6.45, 7) is 3.52. The molecule has 1 N–H and O–H groups in total. The molecule has 0 bridgehead atoms. The zero-order valence-electron chi connectivity index (χ0n) is 11.8. The lowest BCUT2D eigenvalue weighted by Gasteiger charge is -2.25. The summed E-state index contributed by atoms with van der Waals surface area (Å²) in [5, 5.41) is 9.62. The molecular weight excluding hydrogens is 284 g/mol. The maximum atomic E-state index is 13.0. The van der Waals surface area contributed by atoms with E-state index < -0.39 is 17.2 Å². The molecule has 1 rings (SSSR count). The molecule has 112 valence electrons. The highest BCUT2D eigenvalue weighted by atomic mass is 32.2. The summed E-state index contributed by atoms with van der Waals surface area (Å²) in [6.07, 6.45) is 0.274. The summed E-state index contributed by atoms with van der Waals surface area (Å²) in [5.41, 5.74) is -0.933.